The molecule has 1 saturated heterocycles. The highest BCUT2D eigenvalue weighted by atomic mass is 19.1. The number of nitrogens with one attached hydrogen (secondary N) is 3. The Bertz CT molecular complexity index is 884. The Morgan fingerprint density at radius 2 is 1.83 bits per heavy atom. The number of imide groups is 1. The molecule has 30 heavy (non-hydrogen) atoms. The van der Waals surface area contributed by atoms with Crippen LogP contribution in [0.25, 0.3) is 0 Å². The zero-order valence-electron chi connectivity index (χ0n) is 16.0. The third kappa shape index (κ3) is 4.56. The number of rotatable bonds is 6. The van der Waals surface area contributed by atoms with Crippen molar-refractivity contribution in [1.82, 2.24) is 21.1 Å². The van der Waals surface area contributed by atoms with Gasteiger partial charge in [0.05, 0.1) is 5.56 Å². The Balaban J connectivity index is 1.44. The first-order chi connectivity index (χ1) is 14.3. The molecule has 0 atom stereocenters. The minimum Gasteiger partial charge on any atom is -0.454 e. The molecule has 1 aromatic carbocycles. The highest BCUT2D eigenvalue weighted by molar-refractivity contribution is 6.08. The number of urea groups is 1. The fourth-order valence-corrected chi connectivity index (χ4v) is 3.46. The molecule has 0 aromatic heterocycles. The summed E-state index contributed by atoms with van der Waals surface area (Å²) in [5.74, 6) is -3.93. The molecule has 2 aliphatic rings. The number of nitrogens with zero attached hydrogens (tertiary/aromatic N) is 1. The van der Waals surface area contributed by atoms with Gasteiger partial charge in [0.1, 0.15) is 17.9 Å². The smallest absolute Gasteiger partial charge is 0.344 e. The van der Waals surface area contributed by atoms with Gasteiger partial charge in [0.2, 0.25) is 0 Å². The first-order valence-corrected chi connectivity index (χ1v) is 9.47. The SMILES string of the molecule is O=C(COC(=O)CNC(=O)c1ccccc1F)NN1C(=O)NC2(CCCCC2)C1=O. The summed E-state index contributed by atoms with van der Waals surface area (Å²) in [6.45, 7) is -1.36. The lowest BCUT2D eigenvalue weighted by Crippen LogP contribution is -2.51. The summed E-state index contributed by atoms with van der Waals surface area (Å²) < 4.78 is 18.2. The highest BCUT2D eigenvalue weighted by Gasteiger charge is 2.52. The largest absolute Gasteiger partial charge is 0.454 e. The Labute approximate surface area is 171 Å². The highest BCUT2D eigenvalue weighted by Crippen LogP contribution is 2.32. The third-order valence-electron chi connectivity index (χ3n) is 4.98. The Hall–Kier alpha value is -3.50. The van der Waals surface area contributed by atoms with E-state index >= 15 is 0 Å². The molecule has 3 rings (SSSR count). The third-order valence-corrected chi connectivity index (χ3v) is 4.98. The van der Waals surface area contributed by atoms with E-state index in [9.17, 15) is 28.4 Å². The number of carbonyl (C=O) groups is 5. The predicted molar refractivity (Wildman–Crippen MR) is 99.0 cm³/mol. The second-order valence-electron chi connectivity index (χ2n) is 7.07. The summed E-state index contributed by atoms with van der Waals surface area (Å²) in [7, 11) is 0. The molecule has 0 radical (unpaired) electrons. The molecule has 0 unspecified atom stereocenters. The van der Waals surface area contributed by atoms with Crippen LogP contribution in [0.4, 0.5) is 9.18 Å². The lowest BCUT2D eigenvalue weighted by molar-refractivity contribution is -0.150. The van der Waals surface area contributed by atoms with Crippen molar-refractivity contribution in [3.8, 4) is 0 Å². The predicted octanol–water partition coefficient (Wildman–Crippen LogP) is 0.385. The maximum absolute atomic E-state index is 13.5. The number of hydrazine groups is 1. The first kappa shape index (κ1) is 21.2. The summed E-state index contributed by atoms with van der Waals surface area (Å²) in [6.07, 6.45) is 3.57. The van der Waals surface area contributed by atoms with Gasteiger partial charge in [-0.2, -0.15) is 5.01 Å². The lowest BCUT2D eigenvalue weighted by Gasteiger charge is -2.30. The lowest BCUT2D eigenvalue weighted by atomic mass is 9.82. The van der Waals surface area contributed by atoms with Crippen molar-refractivity contribution < 1.29 is 33.1 Å². The van der Waals surface area contributed by atoms with Crippen molar-refractivity contribution in [1.29, 1.82) is 0 Å². The van der Waals surface area contributed by atoms with Crippen molar-refractivity contribution in [2.75, 3.05) is 13.2 Å². The van der Waals surface area contributed by atoms with Gasteiger partial charge in [0.25, 0.3) is 17.7 Å². The number of ether oxygens (including phenoxy) is 1. The van der Waals surface area contributed by atoms with Gasteiger partial charge in [-0.15, -0.1) is 0 Å². The molecule has 1 spiro atoms. The van der Waals surface area contributed by atoms with Gasteiger partial charge >= 0.3 is 12.0 Å². The monoisotopic (exact) mass is 420 g/mol. The molecule has 0 bridgehead atoms. The number of carbonyl (C=O) groups excluding carboxylic acids is 5. The van der Waals surface area contributed by atoms with Crippen LogP contribution < -0.4 is 16.1 Å². The van der Waals surface area contributed by atoms with E-state index in [1.165, 1.54) is 18.2 Å². The average Bonchev–Trinajstić information content (AvgIpc) is 2.95. The number of hydrogen-bond acceptors (Lipinski definition) is 6. The molecule has 10 nitrogen and oxygen atoms in total. The van der Waals surface area contributed by atoms with E-state index < -0.39 is 54.2 Å². The molecular weight excluding hydrogens is 399 g/mol. The fraction of sp³-hybridized carbons (Fsp3) is 0.421. The Morgan fingerprint density at radius 1 is 1.13 bits per heavy atom. The van der Waals surface area contributed by atoms with E-state index in [0.717, 1.165) is 25.3 Å². The maximum atomic E-state index is 13.5. The molecule has 1 aliphatic heterocycles. The van der Waals surface area contributed by atoms with E-state index in [4.69, 9.17) is 4.74 Å². The average molecular weight is 420 g/mol. The van der Waals surface area contributed by atoms with E-state index in [1.54, 1.807) is 0 Å². The van der Waals surface area contributed by atoms with E-state index in [0.29, 0.717) is 17.9 Å². The second kappa shape index (κ2) is 8.89. The molecule has 2 fully saturated rings. The summed E-state index contributed by atoms with van der Waals surface area (Å²) in [5.41, 5.74) is 0.895. The fourth-order valence-electron chi connectivity index (χ4n) is 3.46. The van der Waals surface area contributed by atoms with Crippen molar-refractivity contribution in [2.24, 2.45) is 0 Å². The molecule has 1 aromatic rings. The van der Waals surface area contributed by atoms with Crippen LogP contribution in [0.15, 0.2) is 24.3 Å². The summed E-state index contributed by atoms with van der Waals surface area (Å²) in [6, 6.07) is 4.50. The van der Waals surface area contributed by atoms with E-state index in [2.05, 4.69) is 16.1 Å². The topological polar surface area (TPSA) is 134 Å². The molecular formula is C19H21FN4O6. The quantitative estimate of drug-likeness (QED) is 0.450. The molecule has 1 saturated carbocycles. The number of halogens is 1. The van der Waals surface area contributed by atoms with Crippen LogP contribution in [0, 0.1) is 5.82 Å². The normalized spacial score (nSPS) is 17.4. The van der Waals surface area contributed by atoms with E-state index in [-0.39, 0.29) is 5.56 Å². The standard InChI is InChI=1S/C19H21FN4O6/c20-13-7-3-2-6-12(13)16(27)21-10-15(26)30-11-14(25)23-24-17(28)19(22-18(24)29)8-4-1-5-9-19/h2-3,6-7H,1,4-5,8-11H2,(H,21,27)(H,22,29)(H,23,25). The van der Waals surface area contributed by atoms with Gasteiger partial charge in [-0.3, -0.25) is 24.6 Å². The van der Waals surface area contributed by atoms with Gasteiger partial charge in [-0.05, 0) is 25.0 Å². The van der Waals surface area contributed by atoms with Crippen molar-refractivity contribution in [3.05, 3.63) is 35.6 Å². The zero-order chi connectivity index (χ0) is 21.7. The summed E-state index contributed by atoms with van der Waals surface area (Å²) in [4.78, 5) is 60.1. The minimum absolute atomic E-state index is 0.238. The van der Waals surface area contributed by atoms with Crippen LogP contribution >= 0.6 is 0 Å². The van der Waals surface area contributed by atoms with Crippen LogP contribution in [0.1, 0.15) is 42.5 Å². The zero-order valence-corrected chi connectivity index (χ0v) is 16.0. The van der Waals surface area contributed by atoms with Crippen LogP contribution in [0.3, 0.4) is 0 Å². The van der Waals surface area contributed by atoms with Crippen LogP contribution in [0.5, 0.6) is 0 Å². The van der Waals surface area contributed by atoms with Crippen molar-refractivity contribution in [2.45, 2.75) is 37.6 Å². The van der Waals surface area contributed by atoms with E-state index in [1.807, 2.05) is 0 Å². The molecule has 1 aliphatic carbocycles. The van der Waals surface area contributed by atoms with Gasteiger partial charge in [0, 0.05) is 0 Å². The van der Waals surface area contributed by atoms with Gasteiger partial charge in [-0.25, -0.2) is 9.18 Å². The van der Waals surface area contributed by atoms with Gasteiger partial charge in [-0.1, -0.05) is 31.4 Å². The number of amides is 5. The van der Waals surface area contributed by atoms with Gasteiger partial charge < -0.3 is 15.4 Å². The van der Waals surface area contributed by atoms with Crippen molar-refractivity contribution >= 4 is 29.7 Å². The Morgan fingerprint density at radius 3 is 2.53 bits per heavy atom. The Kier molecular flexibility index (Phi) is 6.28. The molecule has 3 N–H and O–H groups in total. The first-order valence-electron chi connectivity index (χ1n) is 9.47. The minimum atomic E-state index is -0.990. The van der Waals surface area contributed by atoms with Crippen LogP contribution in [-0.2, 0) is 19.1 Å². The number of benzene rings is 1. The van der Waals surface area contributed by atoms with Gasteiger partial charge in [0.15, 0.2) is 6.61 Å². The molecule has 11 heteroatoms. The summed E-state index contributed by atoms with van der Waals surface area (Å²) in [5, 5.41) is 5.40. The second-order valence-corrected chi connectivity index (χ2v) is 7.07. The molecule has 1 heterocycles. The van der Waals surface area contributed by atoms with Crippen molar-refractivity contribution in [3.63, 3.8) is 0 Å². The van der Waals surface area contributed by atoms with Crippen LogP contribution in [0.2, 0.25) is 0 Å². The van der Waals surface area contributed by atoms with Crippen LogP contribution in [-0.4, -0.2) is 53.4 Å². The maximum Gasteiger partial charge on any atom is 0.344 e. The summed E-state index contributed by atoms with van der Waals surface area (Å²) >= 11 is 0. The molecule has 160 valence electrons. The number of esters is 1. The number of hydrogen-bond donors (Lipinski definition) is 3. The molecule has 5 amide bonds.